The molecule has 0 bridgehead atoms. The number of nitrogens with two attached hydrogens (primary N) is 1. The number of nitrogens with zero attached hydrogens (tertiary/aromatic N) is 2. The molecule has 1 heterocycles. The third-order valence-electron chi connectivity index (χ3n) is 3.53. The first kappa shape index (κ1) is 15.4. The van der Waals surface area contributed by atoms with E-state index in [0.717, 1.165) is 12.8 Å². The highest BCUT2D eigenvalue weighted by Crippen LogP contribution is 2.40. The molecule has 16 heavy (non-hydrogen) atoms. The molecular weight excluding hydrogens is 198 g/mol. The summed E-state index contributed by atoms with van der Waals surface area (Å²) in [5, 5.41) is 9.11. The van der Waals surface area contributed by atoms with Crippen molar-refractivity contribution in [2.45, 2.75) is 71.0 Å². The molecular formula is C13H29N3. The number of hydrogen-bond donors (Lipinski definition) is 1. The van der Waals surface area contributed by atoms with Gasteiger partial charge in [0.2, 0.25) is 0 Å². The van der Waals surface area contributed by atoms with Gasteiger partial charge in [-0.2, -0.15) is 5.26 Å². The van der Waals surface area contributed by atoms with Crippen LogP contribution in [0.2, 0.25) is 0 Å². The van der Waals surface area contributed by atoms with Gasteiger partial charge in [0.1, 0.15) is 5.54 Å². The summed E-state index contributed by atoms with van der Waals surface area (Å²) in [6, 6.07) is 2.26. The number of likely N-dealkylation sites (tertiary alicyclic amines) is 1. The summed E-state index contributed by atoms with van der Waals surface area (Å²) in [4.78, 5) is 2.32. The van der Waals surface area contributed by atoms with Crippen LogP contribution in [0.15, 0.2) is 0 Å². The molecule has 0 unspecified atom stereocenters. The maximum atomic E-state index is 9.11. The summed E-state index contributed by atoms with van der Waals surface area (Å²) in [6.45, 7) is 12.6. The van der Waals surface area contributed by atoms with Crippen molar-refractivity contribution in [1.82, 2.24) is 4.90 Å². The second kappa shape index (κ2) is 4.73. The van der Waals surface area contributed by atoms with Crippen LogP contribution in [-0.2, 0) is 0 Å². The molecule has 1 aliphatic heterocycles. The fourth-order valence-electron chi connectivity index (χ4n) is 2.74. The van der Waals surface area contributed by atoms with Crippen LogP contribution in [0.3, 0.4) is 0 Å². The molecule has 2 N–H and O–H groups in total. The van der Waals surface area contributed by atoms with Crippen LogP contribution in [0.25, 0.3) is 0 Å². The summed E-state index contributed by atoms with van der Waals surface area (Å²) >= 11 is 0. The molecule has 0 radical (unpaired) electrons. The quantitative estimate of drug-likeness (QED) is 0.692. The van der Waals surface area contributed by atoms with Crippen molar-refractivity contribution < 1.29 is 1.43 Å². The molecule has 1 rings (SSSR count). The number of rotatable bonds is 0. The summed E-state index contributed by atoms with van der Waals surface area (Å²) in [7, 11) is 2.11. The Morgan fingerprint density at radius 3 is 1.69 bits per heavy atom. The first-order chi connectivity index (χ1) is 7.13. The molecule has 96 valence electrons. The van der Waals surface area contributed by atoms with Gasteiger partial charge < -0.3 is 5.73 Å². The smallest absolute Gasteiger partial charge is 0.107 e. The third-order valence-corrected chi connectivity index (χ3v) is 3.53. The van der Waals surface area contributed by atoms with Gasteiger partial charge in [-0.15, -0.1) is 0 Å². The largest absolute Gasteiger partial charge is 0.313 e. The lowest BCUT2D eigenvalue weighted by Crippen LogP contribution is -2.66. The van der Waals surface area contributed by atoms with E-state index in [4.69, 9.17) is 11.0 Å². The molecule has 1 fully saturated rings. The Hall–Kier alpha value is -0.590. The molecule has 3 heteroatoms. The fraction of sp³-hybridized carbons (Fsp3) is 0.923. The van der Waals surface area contributed by atoms with E-state index in [-0.39, 0.29) is 12.5 Å². The Bertz CT molecular complexity index is 261. The molecule has 0 atom stereocenters. The normalized spacial score (nSPS) is 26.2. The predicted molar refractivity (Wildman–Crippen MR) is 71.1 cm³/mol. The van der Waals surface area contributed by atoms with Gasteiger partial charge >= 0.3 is 0 Å². The monoisotopic (exact) mass is 227 g/mol. The van der Waals surface area contributed by atoms with Gasteiger partial charge in [0.15, 0.2) is 0 Å². The second-order valence-electron chi connectivity index (χ2n) is 5.81. The van der Waals surface area contributed by atoms with E-state index in [1.165, 1.54) is 0 Å². The Balaban J connectivity index is 0. The first-order valence-corrected chi connectivity index (χ1v) is 6.07. The van der Waals surface area contributed by atoms with Gasteiger partial charge in [-0.25, -0.2) is 0 Å². The lowest BCUT2D eigenvalue weighted by Gasteiger charge is -2.55. The highest BCUT2D eigenvalue weighted by molar-refractivity contribution is 5.16. The van der Waals surface area contributed by atoms with Crippen LogP contribution in [0, 0.1) is 11.3 Å². The van der Waals surface area contributed by atoms with E-state index in [1.807, 2.05) is 13.8 Å². The van der Waals surface area contributed by atoms with E-state index >= 15 is 0 Å². The van der Waals surface area contributed by atoms with Crippen molar-refractivity contribution >= 4 is 0 Å². The summed E-state index contributed by atoms with van der Waals surface area (Å²) < 4.78 is 0. The Morgan fingerprint density at radius 2 is 1.44 bits per heavy atom. The molecule has 0 aliphatic carbocycles. The maximum absolute atomic E-state index is 9.11. The van der Waals surface area contributed by atoms with Crippen molar-refractivity contribution in [3.05, 3.63) is 0 Å². The van der Waals surface area contributed by atoms with Crippen LogP contribution >= 0.6 is 0 Å². The van der Waals surface area contributed by atoms with Crippen molar-refractivity contribution in [3.8, 4) is 6.07 Å². The van der Waals surface area contributed by atoms with Crippen LogP contribution in [-0.4, -0.2) is 28.6 Å². The van der Waals surface area contributed by atoms with Gasteiger partial charge in [0.05, 0.1) is 6.07 Å². The molecule has 0 saturated carbocycles. The maximum Gasteiger partial charge on any atom is 0.107 e. The number of piperidine rings is 1. The van der Waals surface area contributed by atoms with Crippen molar-refractivity contribution in [3.63, 3.8) is 0 Å². The first-order valence-electron chi connectivity index (χ1n) is 6.07. The molecule has 0 aromatic heterocycles. The zero-order valence-corrected chi connectivity index (χ0v) is 11.9. The van der Waals surface area contributed by atoms with Crippen LogP contribution in [0.5, 0.6) is 0 Å². The van der Waals surface area contributed by atoms with Gasteiger partial charge in [-0.3, -0.25) is 4.90 Å². The zero-order valence-electron chi connectivity index (χ0n) is 11.9. The summed E-state index contributed by atoms with van der Waals surface area (Å²) in [5.74, 6) is 0. The van der Waals surface area contributed by atoms with Crippen LogP contribution in [0.1, 0.15) is 55.8 Å². The highest BCUT2D eigenvalue weighted by Gasteiger charge is 2.49. The predicted octanol–water partition coefficient (Wildman–Crippen LogP) is 2.76. The lowest BCUT2D eigenvalue weighted by atomic mass is 9.70. The standard InChI is InChI=1S/C11H21N3.C2H6.H2/c1-9(2)6-11(13,8-12)7-10(3,4)14(9)5;1-2;/h6-7,13H2,1-5H3;1-2H3;1H. The lowest BCUT2D eigenvalue weighted by molar-refractivity contribution is -0.0262. The fourth-order valence-corrected chi connectivity index (χ4v) is 2.74. The molecule has 0 spiro atoms. The third kappa shape index (κ3) is 2.96. The number of nitriles is 1. The van der Waals surface area contributed by atoms with Gasteiger partial charge in [0, 0.05) is 12.5 Å². The van der Waals surface area contributed by atoms with Crippen molar-refractivity contribution in [1.29, 1.82) is 5.26 Å². The Labute approximate surface area is 102 Å². The van der Waals surface area contributed by atoms with Crippen LogP contribution < -0.4 is 5.73 Å². The highest BCUT2D eigenvalue weighted by atomic mass is 15.2. The van der Waals surface area contributed by atoms with Crippen molar-refractivity contribution in [2.75, 3.05) is 7.05 Å². The van der Waals surface area contributed by atoms with E-state index in [0.29, 0.717) is 0 Å². The molecule has 1 saturated heterocycles. The van der Waals surface area contributed by atoms with Gasteiger partial charge in [-0.05, 0) is 47.6 Å². The van der Waals surface area contributed by atoms with Gasteiger partial charge in [-0.1, -0.05) is 13.8 Å². The van der Waals surface area contributed by atoms with Crippen LogP contribution in [0.4, 0.5) is 0 Å². The minimum atomic E-state index is -0.667. The minimum absolute atomic E-state index is 0. The molecule has 0 aromatic carbocycles. The molecule has 1 aliphatic rings. The second-order valence-corrected chi connectivity index (χ2v) is 5.81. The Kier molecular flexibility index (Phi) is 4.55. The van der Waals surface area contributed by atoms with E-state index < -0.39 is 5.54 Å². The van der Waals surface area contributed by atoms with E-state index in [1.54, 1.807) is 0 Å². The molecule has 0 amide bonds. The molecule has 0 aromatic rings. The summed E-state index contributed by atoms with van der Waals surface area (Å²) in [5.41, 5.74) is 5.40. The SMILES string of the molecule is CC.CN1C(C)(C)CC(N)(C#N)CC1(C)C.[HH]. The zero-order chi connectivity index (χ0) is 13.2. The summed E-state index contributed by atoms with van der Waals surface area (Å²) in [6.07, 6.45) is 1.47. The van der Waals surface area contributed by atoms with Crippen molar-refractivity contribution in [2.24, 2.45) is 5.73 Å². The average Bonchev–Trinajstić information content (AvgIpc) is 2.16. The minimum Gasteiger partial charge on any atom is -0.313 e. The van der Waals surface area contributed by atoms with Gasteiger partial charge in [0.25, 0.3) is 0 Å². The average molecular weight is 227 g/mol. The van der Waals surface area contributed by atoms with E-state index in [2.05, 4.69) is 45.7 Å². The molecule has 3 nitrogen and oxygen atoms in total. The van der Waals surface area contributed by atoms with E-state index in [9.17, 15) is 0 Å². The topological polar surface area (TPSA) is 53.0 Å². The Morgan fingerprint density at radius 1 is 1.12 bits per heavy atom. The number of hydrogen-bond acceptors (Lipinski definition) is 3.